The summed E-state index contributed by atoms with van der Waals surface area (Å²) in [5, 5.41) is 10.2. The van der Waals surface area contributed by atoms with E-state index in [1.54, 1.807) is 32.2 Å². The first-order valence-electron chi connectivity index (χ1n) is 5.38. The van der Waals surface area contributed by atoms with Crippen molar-refractivity contribution in [2.45, 2.75) is 26.4 Å². The van der Waals surface area contributed by atoms with Gasteiger partial charge in [0.25, 0.3) is 0 Å². The van der Waals surface area contributed by atoms with Gasteiger partial charge in [0.15, 0.2) is 0 Å². The topological polar surface area (TPSA) is 59.4 Å². The van der Waals surface area contributed by atoms with E-state index < -0.39 is 11.5 Å². The molecule has 1 aromatic rings. The zero-order chi connectivity index (χ0) is 11.8. The quantitative estimate of drug-likeness (QED) is 0.763. The van der Waals surface area contributed by atoms with Crippen LogP contribution in [0.4, 0.5) is 0 Å². The van der Waals surface area contributed by atoms with Crippen LogP contribution in [-0.2, 0) is 16.0 Å². The molecule has 2 rings (SSSR count). The Bertz CT molecular complexity index is 418. The minimum Gasteiger partial charge on any atom is -0.465 e. The Morgan fingerprint density at radius 3 is 3.12 bits per heavy atom. The van der Waals surface area contributed by atoms with E-state index in [4.69, 9.17) is 4.74 Å². The van der Waals surface area contributed by atoms with Crippen molar-refractivity contribution in [2.75, 3.05) is 6.61 Å². The number of aliphatic hydroxyl groups is 1. The number of pyridine rings is 1. The molecule has 0 fully saturated rings. The van der Waals surface area contributed by atoms with Crippen LogP contribution in [0.2, 0.25) is 0 Å². The van der Waals surface area contributed by atoms with Gasteiger partial charge in [-0.1, -0.05) is 6.07 Å². The van der Waals surface area contributed by atoms with E-state index >= 15 is 0 Å². The maximum Gasteiger partial charge on any atom is 0.315 e. The SMILES string of the molecule is CCOC(=O)C1(C)Cc2ncccc2C1O. The summed E-state index contributed by atoms with van der Waals surface area (Å²) < 4.78 is 5.00. The molecule has 1 aromatic heterocycles. The van der Waals surface area contributed by atoms with Gasteiger partial charge in [0.1, 0.15) is 5.41 Å². The van der Waals surface area contributed by atoms with Gasteiger partial charge in [0.05, 0.1) is 12.7 Å². The van der Waals surface area contributed by atoms with Gasteiger partial charge in [-0.25, -0.2) is 0 Å². The molecule has 0 saturated carbocycles. The number of ether oxygens (including phenoxy) is 1. The van der Waals surface area contributed by atoms with E-state index in [1.165, 1.54) is 0 Å². The minimum atomic E-state index is -0.896. The van der Waals surface area contributed by atoms with Crippen LogP contribution in [0.25, 0.3) is 0 Å². The summed E-state index contributed by atoms with van der Waals surface area (Å²) in [6, 6.07) is 3.57. The number of hydrogen-bond donors (Lipinski definition) is 1. The zero-order valence-corrected chi connectivity index (χ0v) is 9.43. The molecule has 0 aliphatic heterocycles. The lowest BCUT2D eigenvalue weighted by Crippen LogP contribution is -2.34. The maximum atomic E-state index is 11.8. The van der Waals surface area contributed by atoms with Crippen LogP contribution >= 0.6 is 0 Å². The van der Waals surface area contributed by atoms with Gasteiger partial charge >= 0.3 is 5.97 Å². The third kappa shape index (κ3) is 1.50. The Hall–Kier alpha value is -1.42. The molecule has 4 nitrogen and oxygen atoms in total. The number of esters is 1. The van der Waals surface area contributed by atoms with Crippen LogP contribution in [0.15, 0.2) is 18.3 Å². The summed E-state index contributed by atoms with van der Waals surface area (Å²) >= 11 is 0. The van der Waals surface area contributed by atoms with Gasteiger partial charge in [-0.3, -0.25) is 9.78 Å². The molecule has 1 heterocycles. The van der Waals surface area contributed by atoms with Gasteiger partial charge in [-0.15, -0.1) is 0 Å². The van der Waals surface area contributed by atoms with Gasteiger partial charge < -0.3 is 9.84 Å². The molecule has 0 saturated heterocycles. The van der Waals surface area contributed by atoms with E-state index in [0.717, 1.165) is 11.3 Å². The molecule has 4 heteroatoms. The molecule has 1 aliphatic rings. The molecule has 16 heavy (non-hydrogen) atoms. The summed E-state index contributed by atoms with van der Waals surface area (Å²) in [4.78, 5) is 16.0. The van der Waals surface area contributed by atoms with Gasteiger partial charge in [-0.05, 0) is 19.9 Å². The molecule has 0 spiro atoms. The fraction of sp³-hybridized carbons (Fsp3) is 0.500. The molecule has 1 N–H and O–H groups in total. The van der Waals surface area contributed by atoms with Crippen molar-refractivity contribution in [1.29, 1.82) is 0 Å². The minimum absolute atomic E-state index is 0.324. The maximum absolute atomic E-state index is 11.8. The molecule has 2 unspecified atom stereocenters. The van der Waals surface area contributed by atoms with E-state index in [0.29, 0.717) is 13.0 Å². The lowest BCUT2D eigenvalue weighted by molar-refractivity contribution is -0.160. The molecule has 0 aromatic carbocycles. The van der Waals surface area contributed by atoms with Crippen LogP contribution in [0, 0.1) is 5.41 Å². The lowest BCUT2D eigenvalue weighted by atomic mass is 9.85. The summed E-state index contributed by atoms with van der Waals surface area (Å²) in [6.07, 6.45) is 1.28. The Balaban J connectivity index is 2.32. The van der Waals surface area contributed by atoms with Crippen molar-refractivity contribution in [3.05, 3.63) is 29.6 Å². The Morgan fingerprint density at radius 2 is 2.50 bits per heavy atom. The first kappa shape index (κ1) is 11.1. The molecule has 0 radical (unpaired) electrons. The second-order valence-electron chi connectivity index (χ2n) is 4.26. The van der Waals surface area contributed by atoms with E-state index in [1.807, 2.05) is 0 Å². The number of carbonyl (C=O) groups excluding carboxylic acids is 1. The zero-order valence-electron chi connectivity index (χ0n) is 9.43. The van der Waals surface area contributed by atoms with Crippen LogP contribution in [-0.4, -0.2) is 22.7 Å². The number of nitrogens with zero attached hydrogens (tertiary/aromatic N) is 1. The highest BCUT2D eigenvalue weighted by molar-refractivity contribution is 5.79. The second-order valence-corrected chi connectivity index (χ2v) is 4.26. The lowest BCUT2D eigenvalue weighted by Gasteiger charge is -2.25. The Morgan fingerprint density at radius 1 is 1.75 bits per heavy atom. The number of carbonyl (C=O) groups is 1. The first-order valence-corrected chi connectivity index (χ1v) is 5.38. The third-order valence-electron chi connectivity index (χ3n) is 3.10. The largest absolute Gasteiger partial charge is 0.465 e. The number of hydrogen-bond acceptors (Lipinski definition) is 4. The highest BCUT2D eigenvalue weighted by Crippen LogP contribution is 2.45. The molecular formula is C12H15NO3. The average molecular weight is 221 g/mol. The number of aromatic nitrogens is 1. The predicted octanol–water partition coefficient (Wildman–Crippen LogP) is 1.24. The van der Waals surface area contributed by atoms with Crippen molar-refractivity contribution in [3.63, 3.8) is 0 Å². The second kappa shape index (κ2) is 3.87. The van der Waals surface area contributed by atoms with Crippen LogP contribution in [0.3, 0.4) is 0 Å². The smallest absolute Gasteiger partial charge is 0.315 e. The monoisotopic (exact) mass is 221 g/mol. The van der Waals surface area contributed by atoms with Crippen molar-refractivity contribution in [3.8, 4) is 0 Å². The van der Waals surface area contributed by atoms with Crippen molar-refractivity contribution < 1.29 is 14.6 Å². The van der Waals surface area contributed by atoms with Gasteiger partial charge in [0.2, 0.25) is 0 Å². The molecule has 0 bridgehead atoms. The standard InChI is InChI=1S/C12H15NO3/c1-3-16-11(15)12(2)7-9-8(10(12)14)5-4-6-13-9/h4-6,10,14H,3,7H2,1-2H3. The summed E-state index contributed by atoms with van der Waals surface area (Å²) in [7, 11) is 0. The summed E-state index contributed by atoms with van der Waals surface area (Å²) in [5.41, 5.74) is 0.621. The van der Waals surface area contributed by atoms with Gasteiger partial charge in [0, 0.05) is 23.9 Å². The third-order valence-corrected chi connectivity index (χ3v) is 3.10. The van der Waals surface area contributed by atoms with Crippen molar-refractivity contribution >= 4 is 5.97 Å². The summed E-state index contributed by atoms with van der Waals surface area (Å²) in [5.74, 6) is -0.361. The number of fused-ring (bicyclic) bond motifs is 1. The summed E-state index contributed by atoms with van der Waals surface area (Å²) in [6.45, 7) is 3.80. The molecule has 86 valence electrons. The van der Waals surface area contributed by atoms with Crippen molar-refractivity contribution in [1.82, 2.24) is 4.98 Å². The number of aliphatic hydroxyl groups excluding tert-OH is 1. The number of rotatable bonds is 2. The van der Waals surface area contributed by atoms with Crippen molar-refractivity contribution in [2.24, 2.45) is 5.41 Å². The normalized spacial score (nSPS) is 27.6. The molecule has 1 aliphatic carbocycles. The highest BCUT2D eigenvalue weighted by atomic mass is 16.5. The molecule has 0 amide bonds. The van der Waals surface area contributed by atoms with Crippen LogP contribution in [0.5, 0.6) is 0 Å². The highest BCUT2D eigenvalue weighted by Gasteiger charge is 2.49. The first-order chi connectivity index (χ1) is 7.59. The Kier molecular flexibility index (Phi) is 2.68. The average Bonchev–Trinajstić information content (AvgIpc) is 2.54. The van der Waals surface area contributed by atoms with E-state index in [2.05, 4.69) is 4.98 Å². The van der Waals surface area contributed by atoms with Crippen LogP contribution < -0.4 is 0 Å². The van der Waals surface area contributed by atoms with Crippen LogP contribution in [0.1, 0.15) is 31.2 Å². The predicted molar refractivity (Wildman–Crippen MR) is 57.6 cm³/mol. The van der Waals surface area contributed by atoms with E-state index in [-0.39, 0.29) is 5.97 Å². The fourth-order valence-corrected chi connectivity index (χ4v) is 2.11. The fourth-order valence-electron chi connectivity index (χ4n) is 2.11. The van der Waals surface area contributed by atoms with Gasteiger partial charge in [-0.2, -0.15) is 0 Å². The Labute approximate surface area is 94.3 Å². The van der Waals surface area contributed by atoms with E-state index in [9.17, 15) is 9.90 Å². The molecule has 2 atom stereocenters. The molecular weight excluding hydrogens is 206 g/mol.